The van der Waals surface area contributed by atoms with Gasteiger partial charge in [0.05, 0.1) is 19.3 Å². The minimum atomic E-state index is -0.395. The topological polar surface area (TPSA) is 64.8 Å². The first-order chi connectivity index (χ1) is 9.13. The molecule has 2 rings (SSSR count). The minimum absolute atomic E-state index is 0.395. The molecule has 0 aromatic heterocycles. The van der Waals surface area contributed by atoms with Crippen molar-refractivity contribution in [3.8, 4) is 0 Å². The Bertz CT molecular complexity index is 466. The molecular formula is C14H20N2O3. The second kappa shape index (κ2) is 5.93. The molecule has 2 N–H and O–H groups in total. The summed E-state index contributed by atoms with van der Waals surface area (Å²) in [5.41, 5.74) is 8.75. The number of aryl methyl sites for hydroxylation is 1. The number of ether oxygens (including phenoxy) is 2. The third kappa shape index (κ3) is 2.98. The fourth-order valence-corrected chi connectivity index (χ4v) is 2.24. The van der Waals surface area contributed by atoms with Crippen molar-refractivity contribution in [1.82, 2.24) is 0 Å². The maximum atomic E-state index is 11.7. The summed E-state index contributed by atoms with van der Waals surface area (Å²) in [6.45, 7) is 5.14. The van der Waals surface area contributed by atoms with Crippen molar-refractivity contribution in [2.75, 3.05) is 44.0 Å². The first-order valence-corrected chi connectivity index (χ1v) is 6.44. The van der Waals surface area contributed by atoms with Crippen LogP contribution in [0, 0.1) is 6.92 Å². The lowest BCUT2D eigenvalue weighted by Crippen LogP contribution is -2.26. The number of carbonyl (C=O) groups is 1. The molecule has 1 aromatic rings. The van der Waals surface area contributed by atoms with Gasteiger partial charge in [-0.25, -0.2) is 4.79 Å². The zero-order valence-corrected chi connectivity index (χ0v) is 11.4. The van der Waals surface area contributed by atoms with Crippen LogP contribution in [0.2, 0.25) is 0 Å². The highest BCUT2D eigenvalue weighted by molar-refractivity contribution is 5.97. The van der Waals surface area contributed by atoms with Gasteiger partial charge in [-0.1, -0.05) is 0 Å². The Labute approximate surface area is 113 Å². The molecule has 5 nitrogen and oxygen atoms in total. The predicted octanol–water partition coefficient (Wildman–Crippen LogP) is 1.59. The van der Waals surface area contributed by atoms with Crippen molar-refractivity contribution in [3.05, 3.63) is 23.3 Å². The van der Waals surface area contributed by atoms with E-state index < -0.39 is 5.97 Å². The molecule has 0 atom stereocenters. The number of benzene rings is 1. The van der Waals surface area contributed by atoms with Crippen LogP contribution in [-0.4, -0.2) is 39.4 Å². The molecule has 19 heavy (non-hydrogen) atoms. The summed E-state index contributed by atoms with van der Waals surface area (Å²) in [5, 5.41) is 0. The molecule has 1 aromatic carbocycles. The molecule has 0 aliphatic carbocycles. The SMILES string of the molecule is COC(=O)c1cc(N2CCCOCC2)cc(C)c1N. The first kappa shape index (κ1) is 13.7. The van der Waals surface area contributed by atoms with Crippen LogP contribution >= 0.6 is 0 Å². The summed E-state index contributed by atoms with van der Waals surface area (Å²) >= 11 is 0. The quantitative estimate of drug-likeness (QED) is 0.649. The standard InChI is InChI=1S/C14H20N2O3/c1-10-8-11(16-4-3-6-19-7-5-16)9-12(13(10)15)14(17)18-2/h8-9H,3-7,15H2,1-2H3. The molecule has 1 aliphatic rings. The van der Waals surface area contributed by atoms with Crippen LogP contribution < -0.4 is 10.6 Å². The van der Waals surface area contributed by atoms with E-state index in [1.54, 1.807) is 6.07 Å². The average Bonchev–Trinajstić information content (AvgIpc) is 2.69. The van der Waals surface area contributed by atoms with Crippen LogP contribution in [0.1, 0.15) is 22.3 Å². The third-order valence-corrected chi connectivity index (χ3v) is 3.36. The summed E-state index contributed by atoms with van der Waals surface area (Å²) in [6.07, 6.45) is 0.983. The van der Waals surface area contributed by atoms with Gasteiger partial charge in [-0.05, 0) is 31.0 Å². The van der Waals surface area contributed by atoms with Gasteiger partial charge in [-0.2, -0.15) is 0 Å². The highest BCUT2D eigenvalue weighted by Gasteiger charge is 2.17. The Hall–Kier alpha value is -1.75. The van der Waals surface area contributed by atoms with Crippen LogP contribution in [0.5, 0.6) is 0 Å². The van der Waals surface area contributed by atoms with Gasteiger partial charge < -0.3 is 20.1 Å². The number of esters is 1. The van der Waals surface area contributed by atoms with Gasteiger partial charge >= 0.3 is 5.97 Å². The second-order valence-corrected chi connectivity index (χ2v) is 4.67. The summed E-state index contributed by atoms with van der Waals surface area (Å²) in [6, 6.07) is 3.81. The van der Waals surface area contributed by atoms with Gasteiger partial charge in [0.15, 0.2) is 0 Å². The molecule has 0 amide bonds. The van der Waals surface area contributed by atoms with Crippen molar-refractivity contribution >= 4 is 17.3 Å². The van der Waals surface area contributed by atoms with Gasteiger partial charge in [-0.3, -0.25) is 0 Å². The Morgan fingerprint density at radius 2 is 2.16 bits per heavy atom. The van der Waals surface area contributed by atoms with E-state index in [0.717, 1.165) is 37.4 Å². The van der Waals surface area contributed by atoms with E-state index in [-0.39, 0.29) is 0 Å². The molecule has 0 spiro atoms. The molecule has 104 valence electrons. The van der Waals surface area contributed by atoms with E-state index in [4.69, 9.17) is 15.2 Å². The monoisotopic (exact) mass is 264 g/mol. The van der Waals surface area contributed by atoms with Crippen LogP contribution in [0.25, 0.3) is 0 Å². The van der Waals surface area contributed by atoms with Crippen LogP contribution in [0.3, 0.4) is 0 Å². The van der Waals surface area contributed by atoms with Crippen LogP contribution in [0.4, 0.5) is 11.4 Å². The fraction of sp³-hybridized carbons (Fsp3) is 0.500. The lowest BCUT2D eigenvalue weighted by atomic mass is 10.1. The number of anilines is 2. The maximum Gasteiger partial charge on any atom is 0.340 e. The largest absolute Gasteiger partial charge is 0.465 e. The summed E-state index contributed by atoms with van der Waals surface area (Å²) in [7, 11) is 1.36. The van der Waals surface area contributed by atoms with Crippen molar-refractivity contribution < 1.29 is 14.3 Å². The van der Waals surface area contributed by atoms with Crippen molar-refractivity contribution in [2.45, 2.75) is 13.3 Å². The van der Waals surface area contributed by atoms with E-state index in [2.05, 4.69) is 4.90 Å². The van der Waals surface area contributed by atoms with E-state index in [0.29, 0.717) is 17.9 Å². The molecule has 0 unspecified atom stereocenters. The van der Waals surface area contributed by atoms with Crippen molar-refractivity contribution in [3.63, 3.8) is 0 Å². The zero-order chi connectivity index (χ0) is 13.8. The van der Waals surface area contributed by atoms with E-state index >= 15 is 0 Å². The number of carbonyl (C=O) groups excluding carboxylic acids is 1. The molecule has 1 heterocycles. The Morgan fingerprint density at radius 3 is 2.89 bits per heavy atom. The molecule has 5 heteroatoms. The van der Waals surface area contributed by atoms with Gasteiger partial charge in [0, 0.05) is 31.1 Å². The zero-order valence-electron chi connectivity index (χ0n) is 11.4. The molecule has 0 bridgehead atoms. The normalized spacial score (nSPS) is 16.0. The first-order valence-electron chi connectivity index (χ1n) is 6.44. The van der Waals surface area contributed by atoms with Gasteiger partial charge in [0.1, 0.15) is 0 Å². The number of rotatable bonds is 2. The molecule has 1 saturated heterocycles. The summed E-state index contributed by atoms with van der Waals surface area (Å²) in [5.74, 6) is -0.395. The Morgan fingerprint density at radius 1 is 1.37 bits per heavy atom. The highest BCUT2D eigenvalue weighted by atomic mass is 16.5. The van der Waals surface area contributed by atoms with Gasteiger partial charge in [-0.15, -0.1) is 0 Å². The predicted molar refractivity (Wildman–Crippen MR) is 74.6 cm³/mol. The molecule has 1 aliphatic heterocycles. The van der Waals surface area contributed by atoms with E-state index in [9.17, 15) is 4.79 Å². The Balaban J connectivity index is 2.35. The number of nitrogens with two attached hydrogens (primary N) is 1. The fourth-order valence-electron chi connectivity index (χ4n) is 2.24. The maximum absolute atomic E-state index is 11.7. The van der Waals surface area contributed by atoms with Crippen molar-refractivity contribution in [2.24, 2.45) is 0 Å². The van der Waals surface area contributed by atoms with Crippen molar-refractivity contribution in [1.29, 1.82) is 0 Å². The highest BCUT2D eigenvalue weighted by Crippen LogP contribution is 2.26. The molecule has 0 saturated carbocycles. The molecule has 0 radical (unpaired) electrons. The summed E-state index contributed by atoms with van der Waals surface area (Å²) in [4.78, 5) is 14.0. The molecular weight excluding hydrogens is 244 g/mol. The van der Waals surface area contributed by atoms with Gasteiger partial charge in [0.2, 0.25) is 0 Å². The lowest BCUT2D eigenvalue weighted by Gasteiger charge is -2.23. The lowest BCUT2D eigenvalue weighted by molar-refractivity contribution is 0.0602. The number of methoxy groups -OCH3 is 1. The number of hydrogen-bond donors (Lipinski definition) is 1. The minimum Gasteiger partial charge on any atom is -0.465 e. The third-order valence-electron chi connectivity index (χ3n) is 3.36. The molecule has 1 fully saturated rings. The number of hydrogen-bond acceptors (Lipinski definition) is 5. The summed E-state index contributed by atoms with van der Waals surface area (Å²) < 4.78 is 10.2. The second-order valence-electron chi connectivity index (χ2n) is 4.67. The van der Waals surface area contributed by atoms with E-state index in [1.807, 2.05) is 13.0 Å². The number of nitrogens with zero attached hydrogens (tertiary/aromatic N) is 1. The smallest absolute Gasteiger partial charge is 0.340 e. The van der Waals surface area contributed by atoms with Crippen LogP contribution in [-0.2, 0) is 9.47 Å². The average molecular weight is 264 g/mol. The van der Waals surface area contributed by atoms with Crippen LogP contribution in [0.15, 0.2) is 12.1 Å². The number of nitrogen functional groups attached to an aromatic ring is 1. The Kier molecular flexibility index (Phi) is 4.27. The van der Waals surface area contributed by atoms with Gasteiger partial charge in [0.25, 0.3) is 0 Å². The van der Waals surface area contributed by atoms with E-state index in [1.165, 1.54) is 7.11 Å².